The fraction of sp³-hybridized carbons (Fsp3) is 0.333. The number of rotatable bonds is 6. The number of imide groups is 1. The molecule has 0 radical (unpaired) electrons. The molecule has 2 bridgehead atoms. The second kappa shape index (κ2) is 10.1. The highest BCUT2D eigenvalue weighted by Gasteiger charge is 2.32. The zero-order chi connectivity index (χ0) is 27.0. The Morgan fingerprint density at radius 1 is 1.26 bits per heavy atom. The number of halogens is 1. The molecular formula is C27H28FN6O4+. The van der Waals surface area contributed by atoms with Crippen LogP contribution in [0.15, 0.2) is 69.3 Å². The average molecular weight is 520 g/mol. The molecule has 3 aliphatic heterocycles. The monoisotopic (exact) mass is 519 g/mol. The first-order valence-electron chi connectivity index (χ1n) is 12.4. The van der Waals surface area contributed by atoms with E-state index in [0.717, 1.165) is 24.0 Å². The number of nitrogens with zero attached hydrogens (tertiary/aromatic N) is 2. The van der Waals surface area contributed by atoms with Crippen LogP contribution >= 0.6 is 0 Å². The van der Waals surface area contributed by atoms with E-state index < -0.39 is 29.8 Å². The maximum Gasteiger partial charge on any atom is 0.331 e. The van der Waals surface area contributed by atoms with Crippen molar-refractivity contribution in [1.29, 1.82) is 0 Å². The molecule has 38 heavy (non-hydrogen) atoms. The Labute approximate surface area is 218 Å². The molecule has 3 amide bonds. The van der Waals surface area contributed by atoms with E-state index in [1.54, 1.807) is 12.1 Å². The molecule has 0 spiro atoms. The number of hydrogen-bond donors (Lipinski definition) is 5. The predicted octanol–water partition coefficient (Wildman–Crippen LogP) is 1.84. The fourth-order valence-corrected chi connectivity index (χ4v) is 4.57. The minimum absolute atomic E-state index is 0.00687. The van der Waals surface area contributed by atoms with Crippen molar-refractivity contribution in [3.8, 4) is 0 Å². The number of aliphatic imine (C=N–C) groups is 1. The van der Waals surface area contributed by atoms with E-state index in [2.05, 4.69) is 31.6 Å². The van der Waals surface area contributed by atoms with Crippen molar-refractivity contribution < 1.29 is 28.5 Å². The van der Waals surface area contributed by atoms with Crippen LogP contribution in [0.25, 0.3) is 0 Å². The Balaban J connectivity index is 1.61. The molecule has 3 heterocycles. The Morgan fingerprint density at radius 2 is 2.03 bits per heavy atom. The molecule has 2 fully saturated rings. The molecule has 5 rings (SSSR count). The molecule has 196 valence electrons. The third-order valence-electron chi connectivity index (χ3n) is 6.66. The third kappa shape index (κ3) is 5.42. The summed E-state index contributed by atoms with van der Waals surface area (Å²) < 4.78 is 16.7. The number of aliphatic carboxylic acids is 1. The Kier molecular flexibility index (Phi) is 6.69. The van der Waals surface area contributed by atoms with Gasteiger partial charge >= 0.3 is 12.0 Å². The third-order valence-corrected chi connectivity index (χ3v) is 6.66. The van der Waals surface area contributed by atoms with E-state index in [1.165, 1.54) is 18.2 Å². The van der Waals surface area contributed by atoms with Gasteiger partial charge in [-0.1, -0.05) is 23.9 Å². The van der Waals surface area contributed by atoms with Crippen LogP contribution in [-0.2, 0) is 9.59 Å². The lowest BCUT2D eigenvalue weighted by molar-refractivity contribution is -0.515. The van der Waals surface area contributed by atoms with Crippen LogP contribution in [0.3, 0.4) is 0 Å². The van der Waals surface area contributed by atoms with Gasteiger partial charge < -0.3 is 21.1 Å². The number of carbonyl (C=O) groups excluding carboxylic acids is 2. The minimum atomic E-state index is -1.38. The van der Waals surface area contributed by atoms with Gasteiger partial charge in [-0.15, -0.1) is 0 Å². The minimum Gasteiger partial charge on any atom is -0.479 e. The molecule has 2 unspecified atom stereocenters. The summed E-state index contributed by atoms with van der Waals surface area (Å²) in [5, 5.41) is 20.9. The number of urea groups is 1. The van der Waals surface area contributed by atoms with Gasteiger partial charge in [0.05, 0.1) is 17.5 Å². The standard InChI is InChI=1S/C27H27FN6O4/c1-14-9-22(31-23(26(36)37)18-5-3-4-6-20(18)28)32-24(29-17-7-8-17)15(2)11-34-12-16(19(14)13-34)10-21-25(35)33-27(38)30-21/h3-6,10,12,15,17,23,31H,7-8,11,13H2,1-2H3,(H3-,29,30,32,33,35,36,37,38)/p+1. The number of carbonyl (C=O) groups is 3. The highest BCUT2D eigenvalue weighted by molar-refractivity contribution is 6.12. The van der Waals surface area contributed by atoms with Crippen LogP contribution in [0.4, 0.5) is 9.18 Å². The van der Waals surface area contributed by atoms with Gasteiger partial charge in [0.25, 0.3) is 5.91 Å². The molecule has 1 saturated carbocycles. The summed E-state index contributed by atoms with van der Waals surface area (Å²) in [7, 11) is 0. The van der Waals surface area contributed by atoms with Crippen molar-refractivity contribution in [2.24, 2.45) is 10.9 Å². The number of benzene rings is 1. The Morgan fingerprint density at radius 3 is 2.68 bits per heavy atom. The zero-order valence-electron chi connectivity index (χ0n) is 21.0. The highest BCUT2D eigenvalue weighted by Crippen LogP contribution is 2.26. The quantitative estimate of drug-likeness (QED) is 0.169. The summed E-state index contributed by atoms with van der Waals surface area (Å²) in [5.74, 6) is -1.54. The van der Waals surface area contributed by atoms with Gasteiger partial charge in [0, 0.05) is 16.7 Å². The number of carboxylic acids is 1. The van der Waals surface area contributed by atoms with Crippen molar-refractivity contribution >= 4 is 30.0 Å². The lowest BCUT2D eigenvalue weighted by atomic mass is 10.0. The number of amides is 3. The van der Waals surface area contributed by atoms with Gasteiger partial charge in [0.1, 0.15) is 17.3 Å². The van der Waals surface area contributed by atoms with Gasteiger partial charge in [0.2, 0.25) is 0 Å². The second-order valence-electron chi connectivity index (χ2n) is 9.79. The van der Waals surface area contributed by atoms with E-state index in [4.69, 9.17) is 4.99 Å². The smallest absolute Gasteiger partial charge is 0.331 e. The van der Waals surface area contributed by atoms with E-state index in [1.807, 2.05) is 20.1 Å². The predicted molar refractivity (Wildman–Crippen MR) is 137 cm³/mol. The first-order valence-corrected chi connectivity index (χ1v) is 12.4. The molecule has 4 aliphatic rings. The van der Waals surface area contributed by atoms with E-state index in [9.17, 15) is 23.9 Å². The van der Waals surface area contributed by atoms with Gasteiger partial charge in [0.15, 0.2) is 31.2 Å². The number of carboxylic acid groups (broad SMARTS) is 1. The van der Waals surface area contributed by atoms with Crippen LogP contribution < -0.4 is 21.3 Å². The summed E-state index contributed by atoms with van der Waals surface area (Å²) >= 11 is 0. The summed E-state index contributed by atoms with van der Waals surface area (Å²) in [6.07, 6.45) is 5.51. The van der Waals surface area contributed by atoms with E-state index in [-0.39, 0.29) is 29.0 Å². The van der Waals surface area contributed by atoms with Crippen LogP contribution in [0.2, 0.25) is 0 Å². The van der Waals surface area contributed by atoms with E-state index >= 15 is 0 Å². The molecule has 11 heteroatoms. The lowest BCUT2D eigenvalue weighted by Crippen LogP contribution is -2.41. The normalized spacial score (nSPS) is 24.3. The highest BCUT2D eigenvalue weighted by atomic mass is 19.1. The largest absolute Gasteiger partial charge is 0.479 e. The zero-order valence-corrected chi connectivity index (χ0v) is 21.0. The molecule has 1 aliphatic carbocycles. The first kappa shape index (κ1) is 25.2. The van der Waals surface area contributed by atoms with Crippen molar-refractivity contribution in [1.82, 2.24) is 21.3 Å². The van der Waals surface area contributed by atoms with Crippen LogP contribution in [0.1, 0.15) is 38.3 Å². The van der Waals surface area contributed by atoms with Gasteiger partial charge in [-0.3, -0.25) is 15.1 Å². The molecule has 1 aromatic rings. The number of hydrogen-bond acceptors (Lipinski definition) is 5. The Hall–Kier alpha value is -4.50. The Bertz CT molecular complexity index is 1430. The number of amidine groups is 1. The number of fused-ring (bicyclic) bond motifs is 2. The van der Waals surface area contributed by atoms with Crippen molar-refractivity contribution in [2.75, 3.05) is 13.1 Å². The molecule has 0 aromatic heterocycles. The molecule has 1 aromatic carbocycles. The second-order valence-corrected chi connectivity index (χ2v) is 9.79. The lowest BCUT2D eigenvalue weighted by Gasteiger charge is -2.22. The number of nitrogens with one attached hydrogen (secondary N) is 4. The van der Waals surface area contributed by atoms with Crippen molar-refractivity contribution in [3.05, 3.63) is 75.7 Å². The van der Waals surface area contributed by atoms with Crippen molar-refractivity contribution in [2.45, 2.75) is 38.8 Å². The SMILES string of the molecule is CC1=C=C(NC(C(=O)O)c2ccccc2F)NC(=NC2CC2)C(C)C[N+]2=CC(C=C3NC(=O)NC3=O)=C1C2. The maximum absolute atomic E-state index is 14.6. The molecular weight excluding hydrogens is 491 g/mol. The molecule has 5 N–H and O–H groups in total. The van der Waals surface area contributed by atoms with E-state index in [0.29, 0.717) is 24.5 Å². The van der Waals surface area contributed by atoms with Crippen molar-refractivity contribution in [3.63, 3.8) is 0 Å². The maximum atomic E-state index is 14.6. The summed E-state index contributed by atoms with van der Waals surface area (Å²) in [5.41, 5.74) is 5.61. The van der Waals surface area contributed by atoms with Crippen LogP contribution in [0, 0.1) is 11.7 Å². The van der Waals surface area contributed by atoms with Gasteiger partial charge in [-0.25, -0.2) is 18.6 Å². The topological polar surface area (TPSA) is 135 Å². The first-order chi connectivity index (χ1) is 18.2. The van der Waals surface area contributed by atoms with Crippen LogP contribution in [-0.4, -0.2) is 58.8 Å². The van der Waals surface area contributed by atoms with Gasteiger partial charge in [-0.2, -0.15) is 0 Å². The number of allylic oxidation sites excluding steroid dienone is 2. The summed E-state index contributed by atoms with van der Waals surface area (Å²) in [6.45, 7) is 4.97. The van der Waals surface area contributed by atoms with Crippen LogP contribution in [0.5, 0.6) is 0 Å². The van der Waals surface area contributed by atoms with Gasteiger partial charge in [-0.05, 0) is 38.8 Å². The average Bonchev–Trinajstić information content (AvgIpc) is 3.50. The molecule has 1 saturated heterocycles. The summed E-state index contributed by atoms with van der Waals surface area (Å²) in [6, 6.07) is 3.98. The molecule has 2 atom stereocenters. The summed E-state index contributed by atoms with van der Waals surface area (Å²) in [4.78, 5) is 40.8. The fourth-order valence-electron chi connectivity index (χ4n) is 4.57. The molecule has 10 nitrogen and oxygen atoms in total.